The second kappa shape index (κ2) is 9.69. The minimum absolute atomic E-state index is 0.00569. The van der Waals surface area contributed by atoms with Gasteiger partial charge in [0.05, 0.1) is 12.7 Å². The molecule has 2 heterocycles. The lowest BCUT2D eigenvalue weighted by Crippen LogP contribution is -2.44. The van der Waals surface area contributed by atoms with Crippen molar-refractivity contribution in [1.29, 1.82) is 0 Å². The summed E-state index contributed by atoms with van der Waals surface area (Å²) in [4.78, 5) is 26.3. The molecule has 0 saturated carbocycles. The Morgan fingerprint density at radius 2 is 1.92 bits per heavy atom. The van der Waals surface area contributed by atoms with Gasteiger partial charge in [0.15, 0.2) is 0 Å². The number of carbonyl (C=O) groups excluding carboxylic acids is 2. The van der Waals surface area contributed by atoms with Crippen LogP contribution in [0.3, 0.4) is 0 Å². The lowest BCUT2D eigenvalue weighted by atomic mass is 9.96. The summed E-state index contributed by atoms with van der Waals surface area (Å²) in [5.41, 5.74) is 1.09. The second-order valence-corrected chi connectivity index (χ2v) is 7.01. The van der Waals surface area contributed by atoms with Crippen molar-refractivity contribution >= 4 is 11.8 Å². The van der Waals surface area contributed by atoms with Crippen molar-refractivity contribution in [3.05, 3.63) is 35.9 Å². The molecule has 2 saturated heterocycles. The van der Waals surface area contributed by atoms with Gasteiger partial charge in [-0.2, -0.15) is 0 Å². The van der Waals surface area contributed by atoms with Gasteiger partial charge in [0.25, 0.3) is 0 Å². The number of piperidine rings is 1. The molecule has 1 atom stereocenters. The second-order valence-electron chi connectivity index (χ2n) is 7.01. The first-order valence-corrected chi connectivity index (χ1v) is 9.51. The van der Waals surface area contributed by atoms with Crippen molar-refractivity contribution in [3.63, 3.8) is 0 Å². The number of nitrogens with zero attached hydrogens (tertiary/aromatic N) is 1. The van der Waals surface area contributed by atoms with Crippen LogP contribution in [-0.2, 0) is 25.6 Å². The Morgan fingerprint density at radius 1 is 1.15 bits per heavy atom. The van der Waals surface area contributed by atoms with E-state index in [0.29, 0.717) is 39.1 Å². The molecule has 2 amide bonds. The smallest absolute Gasteiger partial charge is 0.248 e. The Balaban J connectivity index is 1.32. The van der Waals surface area contributed by atoms with Crippen LogP contribution in [-0.4, -0.2) is 55.7 Å². The number of benzene rings is 1. The third-order valence-corrected chi connectivity index (χ3v) is 5.08. The van der Waals surface area contributed by atoms with Crippen LogP contribution in [0.25, 0.3) is 0 Å². The molecular weight excluding hydrogens is 332 g/mol. The minimum atomic E-state index is -0.0180. The summed E-state index contributed by atoms with van der Waals surface area (Å²) in [7, 11) is 0. The van der Waals surface area contributed by atoms with Crippen LogP contribution in [0.1, 0.15) is 31.2 Å². The molecular formula is C20H28N2O4. The molecule has 1 aromatic rings. The van der Waals surface area contributed by atoms with Crippen LogP contribution in [0.4, 0.5) is 0 Å². The van der Waals surface area contributed by atoms with Crippen LogP contribution in [0.2, 0.25) is 0 Å². The molecule has 142 valence electrons. The van der Waals surface area contributed by atoms with Crippen LogP contribution in [0.15, 0.2) is 30.3 Å². The molecule has 0 aromatic heterocycles. The van der Waals surface area contributed by atoms with E-state index in [0.717, 1.165) is 25.0 Å². The molecule has 0 radical (unpaired) electrons. The first-order valence-electron chi connectivity index (χ1n) is 9.51. The van der Waals surface area contributed by atoms with Crippen molar-refractivity contribution in [2.75, 3.05) is 32.9 Å². The van der Waals surface area contributed by atoms with E-state index in [9.17, 15) is 9.59 Å². The predicted molar refractivity (Wildman–Crippen MR) is 97.4 cm³/mol. The molecule has 6 heteroatoms. The van der Waals surface area contributed by atoms with E-state index in [1.54, 1.807) is 4.90 Å². The summed E-state index contributed by atoms with van der Waals surface area (Å²) >= 11 is 0. The molecule has 2 aliphatic heterocycles. The van der Waals surface area contributed by atoms with Gasteiger partial charge < -0.3 is 19.7 Å². The van der Waals surface area contributed by atoms with Crippen molar-refractivity contribution in [2.45, 2.75) is 38.3 Å². The third-order valence-electron chi connectivity index (χ3n) is 5.08. The van der Waals surface area contributed by atoms with Gasteiger partial charge >= 0.3 is 0 Å². The Morgan fingerprint density at radius 3 is 2.62 bits per heavy atom. The molecule has 2 fully saturated rings. The minimum Gasteiger partial charge on any atom is -0.376 e. The summed E-state index contributed by atoms with van der Waals surface area (Å²) in [5, 5.41) is 3.00. The fourth-order valence-electron chi connectivity index (χ4n) is 3.47. The van der Waals surface area contributed by atoms with E-state index in [2.05, 4.69) is 5.32 Å². The SMILES string of the molecule is O=C(NCc1ccccc1)C1CCN(C(=O)COCC2CCCO2)CC1. The van der Waals surface area contributed by atoms with E-state index in [1.807, 2.05) is 30.3 Å². The maximum Gasteiger partial charge on any atom is 0.248 e. The van der Waals surface area contributed by atoms with E-state index in [1.165, 1.54) is 0 Å². The van der Waals surface area contributed by atoms with Crippen molar-refractivity contribution in [1.82, 2.24) is 10.2 Å². The number of nitrogens with one attached hydrogen (secondary N) is 1. The zero-order valence-electron chi connectivity index (χ0n) is 15.2. The molecule has 0 bridgehead atoms. The van der Waals surface area contributed by atoms with E-state index in [-0.39, 0.29) is 30.4 Å². The average molecular weight is 360 g/mol. The molecule has 1 aromatic carbocycles. The highest BCUT2D eigenvalue weighted by Crippen LogP contribution is 2.18. The largest absolute Gasteiger partial charge is 0.376 e. The van der Waals surface area contributed by atoms with Gasteiger partial charge in [-0.1, -0.05) is 30.3 Å². The van der Waals surface area contributed by atoms with Gasteiger partial charge in [0.1, 0.15) is 6.61 Å². The zero-order chi connectivity index (χ0) is 18.2. The van der Waals surface area contributed by atoms with E-state index in [4.69, 9.17) is 9.47 Å². The van der Waals surface area contributed by atoms with Gasteiger partial charge in [0.2, 0.25) is 11.8 Å². The lowest BCUT2D eigenvalue weighted by molar-refractivity contribution is -0.140. The standard InChI is InChI=1S/C20H28N2O4/c23-19(15-25-14-18-7-4-12-26-18)22-10-8-17(9-11-22)20(24)21-13-16-5-2-1-3-6-16/h1-3,5-6,17-18H,4,7-15H2,(H,21,24). The number of carbonyl (C=O) groups is 2. The summed E-state index contributed by atoms with van der Waals surface area (Å²) in [6.07, 6.45) is 3.64. The summed E-state index contributed by atoms with van der Waals surface area (Å²) < 4.78 is 11.0. The highest BCUT2D eigenvalue weighted by molar-refractivity contribution is 5.80. The van der Waals surface area contributed by atoms with Crippen molar-refractivity contribution < 1.29 is 19.1 Å². The molecule has 1 unspecified atom stereocenters. The first-order chi connectivity index (χ1) is 12.7. The van der Waals surface area contributed by atoms with Crippen molar-refractivity contribution in [3.8, 4) is 0 Å². The van der Waals surface area contributed by atoms with E-state index >= 15 is 0 Å². The van der Waals surface area contributed by atoms with Gasteiger partial charge in [-0.25, -0.2) is 0 Å². The van der Waals surface area contributed by atoms with Crippen molar-refractivity contribution in [2.24, 2.45) is 5.92 Å². The molecule has 3 rings (SSSR count). The van der Waals surface area contributed by atoms with Crippen LogP contribution in [0.5, 0.6) is 0 Å². The number of amides is 2. The summed E-state index contributed by atoms with van der Waals surface area (Å²) in [5.74, 6) is 0.0669. The molecule has 0 spiro atoms. The monoisotopic (exact) mass is 360 g/mol. The average Bonchev–Trinajstić information content (AvgIpc) is 3.20. The highest BCUT2D eigenvalue weighted by atomic mass is 16.5. The maximum atomic E-state index is 12.3. The topological polar surface area (TPSA) is 67.9 Å². The van der Waals surface area contributed by atoms with Crippen LogP contribution in [0, 0.1) is 5.92 Å². The Labute approximate surface area is 154 Å². The van der Waals surface area contributed by atoms with Gasteiger partial charge in [-0.05, 0) is 31.2 Å². The molecule has 6 nitrogen and oxygen atoms in total. The normalized spacial score (nSPS) is 20.9. The van der Waals surface area contributed by atoms with Gasteiger partial charge in [0, 0.05) is 32.2 Å². The van der Waals surface area contributed by atoms with Gasteiger partial charge in [-0.3, -0.25) is 9.59 Å². The zero-order valence-corrected chi connectivity index (χ0v) is 15.2. The number of ether oxygens (including phenoxy) is 2. The first kappa shape index (κ1) is 18.9. The fourth-order valence-corrected chi connectivity index (χ4v) is 3.47. The lowest BCUT2D eigenvalue weighted by Gasteiger charge is -2.31. The quantitative estimate of drug-likeness (QED) is 0.804. The van der Waals surface area contributed by atoms with Crippen LogP contribution >= 0.6 is 0 Å². The highest BCUT2D eigenvalue weighted by Gasteiger charge is 2.27. The number of hydrogen-bond acceptors (Lipinski definition) is 4. The maximum absolute atomic E-state index is 12.3. The molecule has 26 heavy (non-hydrogen) atoms. The number of rotatable bonds is 7. The number of likely N-dealkylation sites (tertiary alicyclic amines) is 1. The summed E-state index contributed by atoms with van der Waals surface area (Å²) in [6, 6.07) is 9.89. The van der Waals surface area contributed by atoms with Gasteiger partial charge in [-0.15, -0.1) is 0 Å². The van der Waals surface area contributed by atoms with E-state index < -0.39 is 0 Å². The van der Waals surface area contributed by atoms with Crippen LogP contribution < -0.4 is 5.32 Å². The molecule has 0 aliphatic carbocycles. The Bertz CT molecular complexity index is 579. The molecule has 1 N–H and O–H groups in total. The Hall–Kier alpha value is -1.92. The molecule has 2 aliphatic rings. The fraction of sp³-hybridized carbons (Fsp3) is 0.600. The number of hydrogen-bond donors (Lipinski definition) is 1. The third kappa shape index (κ3) is 5.54. The summed E-state index contributed by atoms with van der Waals surface area (Å²) in [6.45, 7) is 3.17. The predicted octanol–water partition coefficient (Wildman–Crippen LogP) is 1.74. The Kier molecular flexibility index (Phi) is 7.03.